The summed E-state index contributed by atoms with van der Waals surface area (Å²) in [5.74, 6) is 1.33. The van der Waals surface area contributed by atoms with E-state index in [-0.39, 0.29) is 24.0 Å². The molecular weight excluding hydrogens is 341 g/mol. The summed E-state index contributed by atoms with van der Waals surface area (Å²) in [6, 6.07) is 0. The number of rotatable bonds is 4. The summed E-state index contributed by atoms with van der Waals surface area (Å²) in [6.45, 7) is 5.53. The first-order chi connectivity index (χ1) is 8.16. The molecule has 5 nitrogen and oxygen atoms in total. The first-order valence-corrected chi connectivity index (χ1v) is 6.21. The van der Waals surface area contributed by atoms with Crippen LogP contribution in [-0.4, -0.2) is 22.7 Å². The van der Waals surface area contributed by atoms with E-state index in [2.05, 4.69) is 20.5 Å². The third-order valence-corrected chi connectivity index (χ3v) is 3.48. The van der Waals surface area contributed by atoms with Gasteiger partial charge in [0.2, 0.25) is 0 Å². The molecule has 1 fully saturated rings. The van der Waals surface area contributed by atoms with Crippen molar-refractivity contribution in [3.63, 3.8) is 0 Å². The fourth-order valence-electron chi connectivity index (χ4n) is 1.97. The van der Waals surface area contributed by atoms with Crippen molar-refractivity contribution in [3.05, 3.63) is 17.0 Å². The number of nitrogens with one attached hydrogen (secondary N) is 2. The third kappa shape index (κ3) is 3.86. The first kappa shape index (κ1) is 15.3. The van der Waals surface area contributed by atoms with Gasteiger partial charge >= 0.3 is 0 Å². The second kappa shape index (κ2) is 6.96. The molecule has 0 amide bonds. The van der Waals surface area contributed by atoms with Crippen LogP contribution in [0.3, 0.4) is 0 Å². The number of nitrogens with zero attached hydrogens (tertiary/aromatic N) is 2. The van der Waals surface area contributed by atoms with Gasteiger partial charge in [0, 0.05) is 17.8 Å². The summed E-state index contributed by atoms with van der Waals surface area (Å²) < 4.78 is 0. The summed E-state index contributed by atoms with van der Waals surface area (Å²) in [5, 5.41) is 10.3. The highest BCUT2D eigenvalue weighted by Gasteiger charge is 2.16. The molecule has 2 rings (SSSR count). The van der Waals surface area contributed by atoms with Crippen molar-refractivity contribution in [3.8, 4) is 0 Å². The smallest absolute Gasteiger partial charge is 0.188 e. The Labute approximate surface area is 125 Å². The van der Waals surface area contributed by atoms with E-state index in [9.17, 15) is 0 Å². The second-order valence-electron chi connectivity index (χ2n) is 4.79. The highest BCUT2D eigenvalue weighted by molar-refractivity contribution is 14.0. The Hall–Kier alpha value is -0.790. The van der Waals surface area contributed by atoms with Gasteiger partial charge < -0.3 is 11.1 Å². The molecule has 0 unspecified atom stereocenters. The number of hydrogen-bond acceptors (Lipinski definition) is 2. The average molecular weight is 363 g/mol. The highest BCUT2D eigenvalue weighted by Crippen LogP contribution is 2.24. The minimum atomic E-state index is 0. The van der Waals surface area contributed by atoms with E-state index in [4.69, 9.17) is 5.73 Å². The Morgan fingerprint density at radius 3 is 2.72 bits per heavy atom. The van der Waals surface area contributed by atoms with Gasteiger partial charge in [0.15, 0.2) is 5.96 Å². The lowest BCUT2D eigenvalue weighted by atomic mass is 9.85. The van der Waals surface area contributed by atoms with Gasteiger partial charge in [-0.3, -0.25) is 5.10 Å². The molecule has 0 aliphatic heterocycles. The number of nitrogens with two attached hydrogens (primary N) is 1. The monoisotopic (exact) mass is 363 g/mol. The van der Waals surface area contributed by atoms with Crippen LogP contribution in [-0.2, 0) is 6.54 Å². The highest BCUT2D eigenvalue weighted by atomic mass is 127. The molecule has 0 atom stereocenters. The standard InChI is InChI=1S/C12H21N5.HI/c1-8-11(9(2)17-16-8)7-15-12(13)14-6-10-4-3-5-10;/h10H,3-7H2,1-2H3,(H,16,17)(H3,13,14,15);1H. The lowest BCUT2D eigenvalue weighted by Gasteiger charge is -2.25. The van der Waals surface area contributed by atoms with Gasteiger partial charge in [0.05, 0.1) is 12.2 Å². The van der Waals surface area contributed by atoms with E-state index >= 15 is 0 Å². The lowest BCUT2D eigenvalue weighted by molar-refractivity contribution is 0.315. The van der Waals surface area contributed by atoms with E-state index in [1.54, 1.807) is 0 Å². The zero-order valence-corrected chi connectivity index (χ0v) is 13.3. The topological polar surface area (TPSA) is 79.1 Å². The van der Waals surface area contributed by atoms with E-state index in [1.807, 2.05) is 13.8 Å². The Morgan fingerprint density at radius 1 is 1.50 bits per heavy atom. The molecule has 1 aliphatic carbocycles. The first-order valence-electron chi connectivity index (χ1n) is 6.21. The molecule has 0 bridgehead atoms. The molecular formula is C12H22IN5. The maximum atomic E-state index is 5.83. The van der Waals surface area contributed by atoms with Crippen molar-refractivity contribution in [2.24, 2.45) is 16.6 Å². The minimum Gasteiger partial charge on any atom is -0.370 e. The third-order valence-electron chi connectivity index (χ3n) is 3.48. The van der Waals surface area contributed by atoms with Crippen LogP contribution >= 0.6 is 24.0 Å². The maximum Gasteiger partial charge on any atom is 0.188 e. The number of hydrogen-bond donors (Lipinski definition) is 3. The van der Waals surface area contributed by atoms with Gasteiger partial charge in [0.25, 0.3) is 0 Å². The fourth-order valence-corrected chi connectivity index (χ4v) is 1.97. The predicted molar refractivity (Wildman–Crippen MR) is 84.1 cm³/mol. The summed E-state index contributed by atoms with van der Waals surface area (Å²) >= 11 is 0. The van der Waals surface area contributed by atoms with Crippen molar-refractivity contribution in [1.82, 2.24) is 15.5 Å². The van der Waals surface area contributed by atoms with Crippen molar-refractivity contribution in [2.45, 2.75) is 39.7 Å². The molecule has 4 N–H and O–H groups in total. The normalized spacial score (nSPS) is 16.0. The Balaban J connectivity index is 0.00000162. The molecule has 1 aliphatic rings. The van der Waals surface area contributed by atoms with Crippen LogP contribution in [0.1, 0.15) is 36.2 Å². The quantitative estimate of drug-likeness (QED) is 0.434. The number of aliphatic imine (C=N–C) groups is 1. The van der Waals surface area contributed by atoms with Gasteiger partial charge in [-0.1, -0.05) is 6.42 Å². The summed E-state index contributed by atoms with van der Waals surface area (Å²) in [7, 11) is 0. The predicted octanol–water partition coefficient (Wildman–Crippen LogP) is 1.85. The van der Waals surface area contributed by atoms with Gasteiger partial charge in [-0.15, -0.1) is 24.0 Å². The number of aromatic amines is 1. The number of guanidine groups is 1. The summed E-state index contributed by atoms with van der Waals surface area (Å²) in [5.41, 5.74) is 9.03. The lowest BCUT2D eigenvalue weighted by Crippen LogP contribution is -2.37. The molecule has 18 heavy (non-hydrogen) atoms. The Bertz CT molecular complexity index is 389. The zero-order chi connectivity index (χ0) is 12.3. The molecule has 6 heteroatoms. The molecule has 0 aromatic carbocycles. The molecule has 1 heterocycles. The van der Waals surface area contributed by atoms with Crippen molar-refractivity contribution in [2.75, 3.05) is 6.54 Å². The Kier molecular flexibility index (Phi) is 5.90. The van der Waals surface area contributed by atoms with Crippen LogP contribution in [0.2, 0.25) is 0 Å². The van der Waals surface area contributed by atoms with E-state index in [1.165, 1.54) is 19.3 Å². The number of H-pyrrole nitrogens is 1. The summed E-state index contributed by atoms with van der Waals surface area (Å²) in [4.78, 5) is 4.34. The number of halogens is 1. The zero-order valence-electron chi connectivity index (χ0n) is 11.0. The minimum absolute atomic E-state index is 0. The van der Waals surface area contributed by atoms with Crippen LogP contribution in [0.15, 0.2) is 4.99 Å². The van der Waals surface area contributed by atoms with Crippen LogP contribution in [0, 0.1) is 19.8 Å². The SMILES string of the molecule is Cc1n[nH]c(C)c1CN=C(N)NCC1CCC1.I. The molecule has 0 saturated heterocycles. The van der Waals surface area contributed by atoms with Gasteiger partial charge in [-0.2, -0.15) is 5.10 Å². The van der Waals surface area contributed by atoms with Crippen molar-refractivity contribution < 1.29 is 0 Å². The maximum absolute atomic E-state index is 5.83. The van der Waals surface area contributed by atoms with E-state index < -0.39 is 0 Å². The van der Waals surface area contributed by atoms with Crippen molar-refractivity contribution >= 4 is 29.9 Å². The van der Waals surface area contributed by atoms with Crippen molar-refractivity contribution in [1.29, 1.82) is 0 Å². The van der Waals surface area contributed by atoms with Gasteiger partial charge in [0.1, 0.15) is 0 Å². The molecule has 0 radical (unpaired) electrons. The van der Waals surface area contributed by atoms with Crippen LogP contribution in [0.4, 0.5) is 0 Å². The molecule has 1 aromatic heterocycles. The average Bonchev–Trinajstić information content (AvgIpc) is 2.54. The summed E-state index contributed by atoms with van der Waals surface area (Å²) in [6.07, 6.45) is 4.00. The van der Waals surface area contributed by atoms with Gasteiger partial charge in [-0.05, 0) is 32.6 Å². The number of aryl methyl sites for hydroxylation is 2. The Morgan fingerprint density at radius 2 is 2.22 bits per heavy atom. The molecule has 1 aromatic rings. The van der Waals surface area contributed by atoms with E-state index in [0.29, 0.717) is 12.5 Å². The molecule has 0 spiro atoms. The fraction of sp³-hybridized carbons (Fsp3) is 0.667. The van der Waals surface area contributed by atoms with Gasteiger partial charge in [-0.25, -0.2) is 4.99 Å². The number of aromatic nitrogens is 2. The van der Waals surface area contributed by atoms with Crippen LogP contribution in [0.5, 0.6) is 0 Å². The molecule has 1 saturated carbocycles. The molecule has 102 valence electrons. The van der Waals surface area contributed by atoms with Crippen LogP contribution < -0.4 is 11.1 Å². The largest absolute Gasteiger partial charge is 0.370 e. The second-order valence-corrected chi connectivity index (χ2v) is 4.79. The van der Waals surface area contributed by atoms with E-state index in [0.717, 1.165) is 29.4 Å². The van der Waals surface area contributed by atoms with Crippen LogP contribution in [0.25, 0.3) is 0 Å².